The zero-order valence-electron chi connectivity index (χ0n) is 9.57. The molecular weight excluding hydrogens is 242 g/mol. The molecule has 0 radical (unpaired) electrons. The Morgan fingerprint density at radius 1 is 1.35 bits per heavy atom. The fourth-order valence-electron chi connectivity index (χ4n) is 1.13. The molecule has 0 aliphatic rings. The molecule has 1 aromatic rings. The van der Waals surface area contributed by atoms with Gasteiger partial charge in [0.15, 0.2) is 16.6 Å². The third-order valence-electron chi connectivity index (χ3n) is 2.13. The van der Waals surface area contributed by atoms with E-state index in [0.717, 1.165) is 0 Å². The minimum absolute atomic E-state index is 0.118. The lowest BCUT2D eigenvalue weighted by Gasteiger charge is -2.08. The van der Waals surface area contributed by atoms with Gasteiger partial charge in [-0.1, -0.05) is 5.11 Å². The lowest BCUT2D eigenvalue weighted by Crippen LogP contribution is -2.13. The van der Waals surface area contributed by atoms with Crippen LogP contribution in [-0.4, -0.2) is 20.4 Å². The SMILES string of the molecule is CC(C)S(=O)(=O)c1ccc(OCN=[N+]=[N-])cc1. The Morgan fingerprint density at radius 3 is 2.41 bits per heavy atom. The van der Waals surface area contributed by atoms with Crippen LogP contribution in [0.2, 0.25) is 0 Å². The maximum Gasteiger partial charge on any atom is 0.180 e. The molecule has 1 aromatic carbocycles. The number of hydrogen-bond donors (Lipinski definition) is 0. The molecule has 6 nitrogen and oxygen atoms in total. The summed E-state index contributed by atoms with van der Waals surface area (Å²) >= 11 is 0. The van der Waals surface area contributed by atoms with Crippen molar-refractivity contribution in [3.8, 4) is 5.75 Å². The van der Waals surface area contributed by atoms with Crippen LogP contribution in [0.15, 0.2) is 34.3 Å². The van der Waals surface area contributed by atoms with E-state index in [0.29, 0.717) is 5.75 Å². The first kappa shape index (κ1) is 13.3. The summed E-state index contributed by atoms with van der Waals surface area (Å²) in [5.41, 5.74) is 8.06. The summed E-state index contributed by atoms with van der Waals surface area (Å²) in [6.45, 7) is 3.13. The predicted octanol–water partition coefficient (Wildman–Crippen LogP) is 2.52. The summed E-state index contributed by atoms with van der Waals surface area (Å²) in [6, 6.07) is 6.01. The van der Waals surface area contributed by atoms with E-state index in [1.54, 1.807) is 13.8 Å². The monoisotopic (exact) mass is 255 g/mol. The Balaban J connectivity index is 2.85. The van der Waals surface area contributed by atoms with Crippen LogP contribution in [0.25, 0.3) is 10.4 Å². The second-order valence-electron chi connectivity index (χ2n) is 3.57. The molecule has 17 heavy (non-hydrogen) atoms. The van der Waals surface area contributed by atoms with Crippen molar-refractivity contribution < 1.29 is 13.2 Å². The third-order valence-corrected chi connectivity index (χ3v) is 4.30. The summed E-state index contributed by atoms with van der Waals surface area (Å²) in [7, 11) is -3.26. The summed E-state index contributed by atoms with van der Waals surface area (Å²) in [5.74, 6) is 0.458. The molecule has 0 amide bonds. The van der Waals surface area contributed by atoms with Gasteiger partial charge in [-0.05, 0) is 43.6 Å². The Labute approximate surface area is 99.8 Å². The molecule has 92 valence electrons. The number of benzene rings is 1. The molecule has 0 atom stereocenters. The van der Waals surface area contributed by atoms with Crippen molar-refractivity contribution >= 4 is 9.84 Å². The first-order chi connectivity index (χ1) is 7.98. The second kappa shape index (κ2) is 5.56. The first-order valence-corrected chi connectivity index (χ1v) is 6.50. The van der Waals surface area contributed by atoms with Crippen molar-refractivity contribution in [2.24, 2.45) is 5.11 Å². The maximum atomic E-state index is 11.8. The minimum Gasteiger partial charge on any atom is -0.488 e. The number of rotatable bonds is 5. The van der Waals surface area contributed by atoms with E-state index in [1.165, 1.54) is 24.3 Å². The Bertz CT molecular complexity index is 516. The Hall–Kier alpha value is -1.72. The largest absolute Gasteiger partial charge is 0.488 e. The molecule has 0 saturated heterocycles. The number of nitrogens with zero attached hydrogens (tertiary/aromatic N) is 3. The lowest BCUT2D eigenvalue weighted by molar-refractivity contribution is 0.329. The predicted molar refractivity (Wildman–Crippen MR) is 63.4 cm³/mol. The molecule has 7 heteroatoms. The quantitative estimate of drug-likeness (QED) is 0.459. The van der Waals surface area contributed by atoms with Crippen LogP contribution in [0.5, 0.6) is 5.75 Å². The van der Waals surface area contributed by atoms with Crippen molar-refractivity contribution in [3.05, 3.63) is 34.7 Å². The highest BCUT2D eigenvalue weighted by Crippen LogP contribution is 2.19. The molecular formula is C10H13N3O3S. The lowest BCUT2D eigenvalue weighted by atomic mass is 10.3. The van der Waals surface area contributed by atoms with Crippen molar-refractivity contribution in [1.29, 1.82) is 0 Å². The van der Waals surface area contributed by atoms with Crippen molar-refractivity contribution in [2.75, 3.05) is 6.73 Å². The Kier molecular flexibility index (Phi) is 4.37. The highest BCUT2D eigenvalue weighted by molar-refractivity contribution is 7.92. The van der Waals surface area contributed by atoms with Crippen LogP contribution in [0.1, 0.15) is 13.8 Å². The topological polar surface area (TPSA) is 92.1 Å². The molecule has 0 saturated carbocycles. The Morgan fingerprint density at radius 2 is 1.94 bits per heavy atom. The standard InChI is InChI=1S/C10H13N3O3S/c1-8(2)17(14,15)10-5-3-9(4-6-10)16-7-12-13-11/h3-6,8H,7H2,1-2H3. The average molecular weight is 255 g/mol. The smallest absolute Gasteiger partial charge is 0.180 e. The molecule has 0 heterocycles. The van der Waals surface area contributed by atoms with Crippen LogP contribution in [-0.2, 0) is 9.84 Å². The fourth-order valence-corrected chi connectivity index (χ4v) is 2.19. The van der Waals surface area contributed by atoms with Gasteiger partial charge in [0.05, 0.1) is 10.1 Å². The normalized spacial score (nSPS) is 11.0. The van der Waals surface area contributed by atoms with Crippen LogP contribution in [0.3, 0.4) is 0 Å². The van der Waals surface area contributed by atoms with E-state index in [2.05, 4.69) is 10.0 Å². The molecule has 0 fully saturated rings. The molecule has 0 aliphatic heterocycles. The number of hydrogen-bond acceptors (Lipinski definition) is 4. The van der Waals surface area contributed by atoms with Gasteiger partial charge in [-0.2, -0.15) is 0 Å². The zero-order valence-corrected chi connectivity index (χ0v) is 10.4. The van der Waals surface area contributed by atoms with Gasteiger partial charge in [0, 0.05) is 4.91 Å². The van der Waals surface area contributed by atoms with Gasteiger partial charge < -0.3 is 4.74 Å². The van der Waals surface area contributed by atoms with E-state index in [4.69, 9.17) is 10.3 Å². The molecule has 0 aromatic heterocycles. The van der Waals surface area contributed by atoms with Crippen molar-refractivity contribution in [2.45, 2.75) is 24.0 Å². The van der Waals surface area contributed by atoms with E-state index < -0.39 is 15.1 Å². The fraction of sp³-hybridized carbons (Fsp3) is 0.400. The van der Waals surface area contributed by atoms with Crippen LogP contribution >= 0.6 is 0 Å². The second-order valence-corrected chi connectivity index (χ2v) is 6.07. The summed E-state index contributed by atoms with van der Waals surface area (Å²) < 4.78 is 28.7. The zero-order chi connectivity index (χ0) is 12.9. The molecule has 0 N–H and O–H groups in total. The van der Waals surface area contributed by atoms with Gasteiger partial charge in [-0.25, -0.2) is 8.42 Å². The molecule has 0 spiro atoms. The van der Waals surface area contributed by atoms with E-state index >= 15 is 0 Å². The van der Waals surface area contributed by atoms with Crippen LogP contribution in [0.4, 0.5) is 0 Å². The van der Waals surface area contributed by atoms with Crippen LogP contribution in [0, 0.1) is 0 Å². The van der Waals surface area contributed by atoms with Crippen LogP contribution < -0.4 is 4.74 Å². The number of ether oxygens (including phenoxy) is 1. The van der Waals surface area contributed by atoms with Crippen molar-refractivity contribution in [1.82, 2.24) is 0 Å². The first-order valence-electron chi connectivity index (χ1n) is 4.96. The molecule has 1 rings (SSSR count). The maximum absolute atomic E-state index is 11.8. The van der Waals surface area contributed by atoms with E-state index in [9.17, 15) is 8.42 Å². The van der Waals surface area contributed by atoms with Gasteiger partial charge >= 0.3 is 0 Å². The third kappa shape index (κ3) is 3.37. The van der Waals surface area contributed by atoms with Gasteiger partial charge in [-0.3, -0.25) is 0 Å². The highest BCUT2D eigenvalue weighted by Gasteiger charge is 2.18. The average Bonchev–Trinajstić information content (AvgIpc) is 2.30. The summed E-state index contributed by atoms with van der Waals surface area (Å²) in [4.78, 5) is 2.79. The molecule has 0 aliphatic carbocycles. The van der Waals surface area contributed by atoms with Gasteiger partial charge in [0.25, 0.3) is 0 Å². The summed E-state index contributed by atoms with van der Waals surface area (Å²) in [5, 5.41) is 2.75. The number of azide groups is 1. The van der Waals surface area contributed by atoms with E-state index in [-0.39, 0.29) is 11.6 Å². The summed E-state index contributed by atoms with van der Waals surface area (Å²) in [6.07, 6.45) is 0. The van der Waals surface area contributed by atoms with Crippen molar-refractivity contribution in [3.63, 3.8) is 0 Å². The van der Waals surface area contributed by atoms with Gasteiger partial charge in [0.1, 0.15) is 5.75 Å². The minimum atomic E-state index is -3.26. The molecule has 0 unspecified atom stereocenters. The molecule has 0 bridgehead atoms. The van der Waals surface area contributed by atoms with Gasteiger partial charge in [-0.15, -0.1) is 0 Å². The van der Waals surface area contributed by atoms with E-state index in [1.807, 2.05) is 0 Å². The van der Waals surface area contributed by atoms with Gasteiger partial charge in [0.2, 0.25) is 0 Å². The number of sulfone groups is 1. The highest BCUT2D eigenvalue weighted by atomic mass is 32.2.